The molecule has 0 aliphatic heterocycles. The van der Waals surface area contributed by atoms with E-state index in [0.29, 0.717) is 0 Å². The standard InChI is InChI=1S/C10H18P/c1-8-3-5-10(6-4-8)9(2)7-11/h3,9-11H,4-7H2,1-2H3/t9-,10-/m1/s1. The Hall–Kier alpha value is 0.170. The smallest absolute Gasteiger partial charge is 0.0288 e. The van der Waals surface area contributed by atoms with Crippen LogP contribution < -0.4 is 0 Å². The highest BCUT2D eigenvalue weighted by molar-refractivity contribution is 7.16. The molecule has 0 fully saturated rings. The van der Waals surface area contributed by atoms with E-state index in [1.807, 2.05) is 0 Å². The van der Waals surface area contributed by atoms with Gasteiger partial charge in [0.25, 0.3) is 0 Å². The Labute approximate surface area is 72.7 Å². The molecular weight excluding hydrogens is 151 g/mol. The van der Waals surface area contributed by atoms with Crippen LogP contribution in [0, 0.1) is 11.8 Å². The molecule has 0 aromatic rings. The molecule has 1 heteroatoms. The van der Waals surface area contributed by atoms with Gasteiger partial charge in [0.15, 0.2) is 0 Å². The van der Waals surface area contributed by atoms with Crippen molar-refractivity contribution < 1.29 is 0 Å². The Bertz CT molecular complexity index is 149. The molecule has 0 heterocycles. The van der Waals surface area contributed by atoms with Crippen molar-refractivity contribution in [3.05, 3.63) is 11.6 Å². The van der Waals surface area contributed by atoms with Crippen LogP contribution in [0.5, 0.6) is 0 Å². The Morgan fingerprint density at radius 1 is 1.73 bits per heavy atom. The lowest BCUT2D eigenvalue weighted by atomic mass is 9.83. The van der Waals surface area contributed by atoms with Crippen molar-refractivity contribution in [1.82, 2.24) is 0 Å². The summed E-state index contributed by atoms with van der Waals surface area (Å²) in [6.07, 6.45) is 7.58. The molecule has 0 nitrogen and oxygen atoms in total. The van der Waals surface area contributed by atoms with Gasteiger partial charge in [-0.3, -0.25) is 0 Å². The molecule has 0 saturated heterocycles. The molecule has 1 radical (unpaired) electrons. The molecule has 0 aromatic heterocycles. The first kappa shape index (κ1) is 9.26. The number of rotatable bonds is 2. The van der Waals surface area contributed by atoms with Crippen molar-refractivity contribution in [1.29, 1.82) is 0 Å². The zero-order valence-corrected chi connectivity index (χ0v) is 8.56. The summed E-state index contributed by atoms with van der Waals surface area (Å²) in [7, 11) is 3.59. The van der Waals surface area contributed by atoms with Gasteiger partial charge in [-0.25, -0.2) is 0 Å². The second-order valence-electron chi connectivity index (χ2n) is 3.77. The van der Waals surface area contributed by atoms with E-state index in [4.69, 9.17) is 0 Å². The van der Waals surface area contributed by atoms with Crippen molar-refractivity contribution in [2.75, 3.05) is 6.16 Å². The largest absolute Gasteiger partial charge is 0.0990 e. The Morgan fingerprint density at radius 3 is 2.91 bits per heavy atom. The third-order valence-electron chi connectivity index (χ3n) is 2.81. The van der Waals surface area contributed by atoms with Gasteiger partial charge in [0, 0.05) is 0 Å². The normalized spacial score (nSPS) is 27.9. The summed E-state index contributed by atoms with van der Waals surface area (Å²) in [5, 5.41) is 0. The molecule has 2 atom stereocenters. The molecule has 0 saturated carbocycles. The van der Waals surface area contributed by atoms with Crippen molar-refractivity contribution >= 4 is 9.24 Å². The predicted molar refractivity (Wildman–Crippen MR) is 53.4 cm³/mol. The average molecular weight is 169 g/mol. The second kappa shape index (κ2) is 4.26. The molecule has 63 valence electrons. The first-order valence-electron chi connectivity index (χ1n) is 4.54. The van der Waals surface area contributed by atoms with Gasteiger partial charge in [-0.2, -0.15) is 0 Å². The lowest BCUT2D eigenvalue weighted by Gasteiger charge is -2.25. The van der Waals surface area contributed by atoms with Gasteiger partial charge >= 0.3 is 0 Å². The van der Waals surface area contributed by atoms with E-state index in [2.05, 4.69) is 29.2 Å². The molecule has 0 amide bonds. The summed E-state index contributed by atoms with van der Waals surface area (Å²) in [5.41, 5.74) is 1.59. The van der Waals surface area contributed by atoms with Gasteiger partial charge in [0.05, 0.1) is 0 Å². The molecule has 11 heavy (non-hydrogen) atoms. The maximum absolute atomic E-state index is 3.59. The van der Waals surface area contributed by atoms with Crippen molar-refractivity contribution in [3.8, 4) is 0 Å². The van der Waals surface area contributed by atoms with E-state index in [1.165, 1.54) is 19.3 Å². The van der Waals surface area contributed by atoms with Crippen LogP contribution >= 0.6 is 9.24 Å². The van der Waals surface area contributed by atoms with Crippen LogP contribution in [0.4, 0.5) is 0 Å². The Balaban J connectivity index is 2.40. The third kappa shape index (κ3) is 2.60. The lowest BCUT2D eigenvalue weighted by molar-refractivity contribution is 0.355. The zero-order valence-electron chi connectivity index (χ0n) is 7.56. The Kier molecular flexibility index (Phi) is 3.59. The third-order valence-corrected chi connectivity index (χ3v) is 3.45. The monoisotopic (exact) mass is 169 g/mol. The van der Waals surface area contributed by atoms with Gasteiger partial charge in [0.1, 0.15) is 0 Å². The SMILES string of the molecule is CC1=CC[C@@H]([C@H](C)C[PH])CC1. The average Bonchev–Trinajstić information content (AvgIpc) is 2.05. The fourth-order valence-electron chi connectivity index (χ4n) is 1.67. The van der Waals surface area contributed by atoms with Crippen LogP contribution in [0.3, 0.4) is 0 Å². The molecule has 0 spiro atoms. The summed E-state index contributed by atoms with van der Waals surface area (Å²) >= 11 is 0. The van der Waals surface area contributed by atoms with E-state index in [0.717, 1.165) is 18.0 Å². The highest BCUT2D eigenvalue weighted by atomic mass is 31.0. The molecule has 0 N–H and O–H groups in total. The predicted octanol–water partition coefficient (Wildman–Crippen LogP) is 3.51. The van der Waals surface area contributed by atoms with E-state index in [1.54, 1.807) is 5.57 Å². The molecule has 0 bridgehead atoms. The highest BCUT2D eigenvalue weighted by Gasteiger charge is 2.17. The molecule has 0 aromatic carbocycles. The van der Waals surface area contributed by atoms with Crippen molar-refractivity contribution in [2.24, 2.45) is 11.8 Å². The van der Waals surface area contributed by atoms with Crippen LogP contribution in [0.1, 0.15) is 33.1 Å². The summed E-state index contributed by atoms with van der Waals surface area (Å²) in [6.45, 7) is 4.58. The maximum atomic E-state index is 3.59. The first-order chi connectivity index (χ1) is 5.24. The topological polar surface area (TPSA) is 0 Å². The van der Waals surface area contributed by atoms with Crippen molar-refractivity contribution in [3.63, 3.8) is 0 Å². The summed E-state index contributed by atoms with van der Waals surface area (Å²) in [4.78, 5) is 0. The minimum Gasteiger partial charge on any atom is -0.0990 e. The van der Waals surface area contributed by atoms with Crippen LogP contribution in [0.2, 0.25) is 0 Å². The number of hydrogen-bond acceptors (Lipinski definition) is 0. The van der Waals surface area contributed by atoms with Crippen LogP contribution in [-0.4, -0.2) is 6.16 Å². The van der Waals surface area contributed by atoms with Crippen LogP contribution in [0.15, 0.2) is 11.6 Å². The van der Waals surface area contributed by atoms with E-state index in [9.17, 15) is 0 Å². The zero-order chi connectivity index (χ0) is 8.27. The van der Waals surface area contributed by atoms with Crippen LogP contribution in [-0.2, 0) is 0 Å². The molecular formula is C10H18P. The van der Waals surface area contributed by atoms with Crippen molar-refractivity contribution in [2.45, 2.75) is 33.1 Å². The summed E-state index contributed by atoms with van der Waals surface area (Å²) in [6, 6.07) is 0. The van der Waals surface area contributed by atoms with E-state index in [-0.39, 0.29) is 0 Å². The molecule has 1 aliphatic carbocycles. The van der Waals surface area contributed by atoms with E-state index >= 15 is 0 Å². The van der Waals surface area contributed by atoms with Gasteiger partial charge in [0.2, 0.25) is 0 Å². The van der Waals surface area contributed by atoms with Gasteiger partial charge in [-0.15, -0.1) is 0 Å². The fourth-order valence-corrected chi connectivity index (χ4v) is 2.00. The van der Waals surface area contributed by atoms with E-state index < -0.39 is 0 Å². The van der Waals surface area contributed by atoms with Crippen LogP contribution in [0.25, 0.3) is 0 Å². The van der Waals surface area contributed by atoms with Gasteiger partial charge in [-0.05, 0) is 44.2 Å². The number of hydrogen-bond donors (Lipinski definition) is 0. The minimum atomic E-state index is 0.844. The first-order valence-corrected chi connectivity index (χ1v) is 5.25. The summed E-state index contributed by atoms with van der Waals surface area (Å²) < 4.78 is 0. The Morgan fingerprint density at radius 2 is 2.45 bits per heavy atom. The second-order valence-corrected chi connectivity index (χ2v) is 4.17. The van der Waals surface area contributed by atoms with Gasteiger partial charge in [-0.1, -0.05) is 27.8 Å². The number of allylic oxidation sites excluding steroid dienone is 2. The maximum Gasteiger partial charge on any atom is -0.0288 e. The minimum absolute atomic E-state index is 0.844. The highest BCUT2D eigenvalue weighted by Crippen LogP contribution is 2.29. The van der Waals surface area contributed by atoms with Gasteiger partial charge < -0.3 is 0 Å². The fraction of sp³-hybridized carbons (Fsp3) is 0.800. The quantitative estimate of drug-likeness (QED) is 0.438. The summed E-state index contributed by atoms with van der Waals surface area (Å²) in [5.74, 6) is 1.77. The molecule has 1 rings (SSSR count). The molecule has 0 unspecified atom stereocenters. The molecule has 1 aliphatic rings. The lowest BCUT2D eigenvalue weighted by Crippen LogP contribution is -2.15.